The number of anilines is 1. The number of halogens is 6. The monoisotopic (exact) mass is 597 g/mol. The topological polar surface area (TPSA) is 84.2 Å². The third-order valence-corrected chi connectivity index (χ3v) is 7.17. The summed E-state index contributed by atoms with van der Waals surface area (Å²) in [6.07, 6.45) is -4.90. The number of carbonyl (C=O) groups excluding carboxylic acids is 2. The number of aryl methyl sites for hydroxylation is 1. The van der Waals surface area contributed by atoms with E-state index >= 15 is 0 Å². The molecule has 2 heterocycles. The molecule has 5 aromatic rings. The fourth-order valence-electron chi connectivity index (χ4n) is 4.97. The molecule has 0 saturated heterocycles. The highest BCUT2D eigenvalue weighted by atomic mass is 35.5. The van der Waals surface area contributed by atoms with E-state index in [9.17, 15) is 31.5 Å². The van der Waals surface area contributed by atoms with Crippen LogP contribution in [0.1, 0.15) is 49.3 Å². The van der Waals surface area contributed by atoms with Crippen molar-refractivity contribution in [1.82, 2.24) is 10.3 Å². The van der Waals surface area contributed by atoms with Crippen LogP contribution in [0.25, 0.3) is 22.2 Å². The smallest absolute Gasteiger partial charge is 0.416 e. The lowest BCUT2D eigenvalue weighted by Crippen LogP contribution is -2.21. The van der Waals surface area contributed by atoms with Crippen molar-refractivity contribution < 1.29 is 36.0 Å². The van der Waals surface area contributed by atoms with Crippen LogP contribution >= 0.6 is 11.6 Å². The molecule has 1 aliphatic heterocycles. The minimum absolute atomic E-state index is 0.0165. The predicted octanol–water partition coefficient (Wildman–Crippen LogP) is 7.84. The van der Waals surface area contributed by atoms with Crippen LogP contribution in [0.2, 0.25) is 5.02 Å². The van der Waals surface area contributed by atoms with E-state index in [1.165, 1.54) is 12.1 Å². The van der Waals surface area contributed by atoms with E-state index in [2.05, 4.69) is 15.6 Å². The molecule has 6 nitrogen and oxygen atoms in total. The first-order chi connectivity index (χ1) is 19.9. The van der Waals surface area contributed by atoms with Crippen molar-refractivity contribution in [3.8, 4) is 11.1 Å². The Labute approximate surface area is 239 Å². The van der Waals surface area contributed by atoms with Gasteiger partial charge in [-0.2, -0.15) is 13.2 Å². The van der Waals surface area contributed by atoms with Crippen LogP contribution in [0.5, 0.6) is 0 Å². The number of aromatic nitrogens is 1. The number of nitrogens with one attached hydrogen (secondary N) is 2. The average molecular weight is 598 g/mol. The predicted molar refractivity (Wildman–Crippen MR) is 144 cm³/mol. The van der Waals surface area contributed by atoms with E-state index in [4.69, 9.17) is 16.0 Å². The van der Waals surface area contributed by atoms with E-state index in [1.807, 2.05) is 0 Å². The summed E-state index contributed by atoms with van der Waals surface area (Å²) in [6.45, 7) is 1.68. The third kappa shape index (κ3) is 4.96. The van der Waals surface area contributed by atoms with Crippen molar-refractivity contribution in [3.63, 3.8) is 0 Å². The summed E-state index contributed by atoms with van der Waals surface area (Å²) in [7, 11) is 0. The van der Waals surface area contributed by atoms with Gasteiger partial charge in [0.05, 0.1) is 11.6 Å². The summed E-state index contributed by atoms with van der Waals surface area (Å²) in [6, 6.07) is 12.2. The molecule has 212 valence electrons. The lowest BCUT2D eigenvalue weighted by molar-refractivity contribution is -0.137. The molecule has 0 saturated carbocycles. The second-order valence-corrected chi connectivity index (χ2v) is 10.1. The van der Waals surface area contributed by atoms with E-state index < -0.39 is 46.8 Å². The van der Waals surface area contributed by atoms with E-state index in [0.717, 1.165) is 12.1 Å². The standard InChI is InChI=1S/C30H17ClF5N3O3/c1-13-37-23-5-2-14(10-25(23)42-13)15-8-21-26(27(39-29(21)41)20-12-18(32)3-4-22(20)31)24(9-15)38-28(40)16-6-17(30(34,35)36)11-19(33)7-16/h2-12,27H,1H3,(H,38,40)(H,39,41). The summed E-state index contributed by atoms with van der Waals surface area (Å²) in [5.74, 6) is -3.08. The van der Waals surface area contributed by atoms with Crippen LogP contribution in [0, 0.1) is 18.6 Å². The molecule has 0 aliphatic carbocycles. The Morgan fingerprint density at radius 1 is 0.976 bits per heavy atom. The number of carbonyl (C=O) groups is 2. The summed E-state index contributed by atoms with van der Waals surface area (Å²) in [5.41, 5.74) is 0.643. The molecule has 0 radical (unpaired) electrons. The summed E-state index contributed by atoms with van der Waals surface area (Å²) in [5, 5.41) is 5.39. The van der Waals surface area contributed by atoms with Gasteiger partial charge >= 0.3 is 6.18 Å². The fraction of sp³-hybridized carbons (Fsp3) is 0.100. The zero-order valence-electron chi connectivity index (χ0n) is 21.4. The Bertz CT molecular complexity index is 1940. The van der Waals surface area contributed by atoms with Crippen LogP contribution in [-0.4, -0.2) is 16.8 Å². The lowest BCUT2D eigenvalue weighted by atomic mass is 9.92. The SMILES string of the molecule is Cc1nc2ccc(-c3cc(NC(=O)c4cc(F)cc(C(F)(F)F)c4)c4c(c3)C(=O)NC4c3cc(F)ccc3Cl)cc2o1. The number of hydrogen-bond acceptors (Lipinski definition) is 4. The summed E-state index contributed by atoms with van der Waals surface area (Å²) in [4.78, 5) is 30.7. The second-order valence-electron chi connectivity index (χ2n) is 9.65. The summed E-state index contributed by atoms with van der Waals surface area (Å²) >= 11 is 6.34. The van der Waals surface area contributed by atoms with Gasteiger partial charge in [-0.25, -0.2) is 13.8 Å². The quantitative estimate of drug-likeness (QED) is 0.207. The van der Waals surface area contributed by atoms with Crippen LogP contribution in [0.3, 0.4) is 0 Å². The minimum Gasteiger partial charge on any atom is -0.441 e. The highest BCUT2D eigenvalue weighted by Crippen LogP contribution is 2.42. The molecular weight excluding hydrogens is 581 g/mol. The molecule has 1 atom stereocenters. The van der Waals surface area contributed by atoms with Gasteiger partial charge < -0.3 is 15.1 Å². The Kier molecular flexibility index (Phi) is 6.49. The zero-order chi connectivity index (χ0) is 29.9. The van der Waals surface area contributed by atoms with Gasteiger partial charge in [-0.3, -0.25) is 9.59 Å². The number of oxazole rings is 1. The zero-order valence-corrected chi connectivity index (χ0v) is 22.1. The van der Waals surface area contributed by atoms with Gasteiger partial charge in [0.1, 0.15) is 17.2 Å². The first-order valence-corrected chi connectivity index (χ1v) is 12.8. The fourth-order valence-corrected chi connectivity index (χ4v) is 5.20. The molecule has 0 spiro atoms. The lowest BCUT2D eigenvalue weighted by Gasteiger charge is -2.19. The number of nitrogens with zero attached hydrogens (tertiary/aromatic N) is 1. The molecule has 1 aliphatic rings. The number of rotatable bonds is 4. The van der Waals surface area contributed by atoms with Crippen molar-refractivity contribution in [2.75, 3.05) is 5.32 Å². The van der Waals surface area contributed by atoms with Gasteiger partial charge in [0, 0.05) is 39.9 Å². The van der Waals surface area contributed by atoms with Gasteiger partial charge in [0.2, 0.25) is 0 Å². The molecule has 42 heavy (non-hydrogen) atoms. The van der Waals surface area contributed by atoms with E-state index in [-0.39, 0.29) is 33.5 Å². The maximum atomic E-state index is 14.2. The highest BCUT2D eigenvalue weighted by molar-refractivity contribution is 6.31. The molecule has 6 rings (SSSR count). The maximum absolute atomic E-state index is 14.2. The highest BCUT2D eigenvalue weighted by Gasteiger charge is 2.36. The Hall–Kier alpha value is -4.77. The van der Waals surface area contributed by atoms with Gasteiger partial charge in [-0.1, -0.05) is 17.7 Å². The van der Waals surface area contributed by atoms with Crippen molar-refractivity contribution in [3.05, 3.63) is 117 Å². The van der Waals surface area contributed by atoms with E-state index in [0.29, 0.717) is 40.3 Å². The molecule has 1 aromatic heterocycles. The van der Waals surface area contributed by atoms with Crippen molar-refractivity contribution >= 4 is 40.2 Å². The van der Waals surface area contributed by atoms with Gasteiger partial charge in [-0.15, -0.1) is 0 Å². The third-order valence-electron chi connectivity index (χ3n) is 6.82. The van der Waals surface area contributed by atoms with Gasteiger partial charge in [-0.05, 0) is 71.8 Å². The van der Waals surface area contributed by atoms with Crippen molar-refractivity contribution in [2.45, 2.75) is 19.1 Å². The number of fused-ring (bicyclic) bond motifs is 2. The first kappa shape index (κ1) is 27.4. The molecule has 0 bridgehead atoms. The molecule has 12 heteroatoms. The van der Waals surface area contributed by atoms with Gasteiger partial charge in [0.15, 0.2) is 11.5 Å². The van der Waals surface area contributed by atoms with Crippen molar-refractivity contribution in [1.29, 1.82) is 0 Å². The van der Waals surface area contributed by atoms with Crippen LogP contribution in [0.15, 0.2) is 71.1 Å². The maximum Gasteiger partial charge on any atom is 0.416 e. The molecule has 0 fully saturated rings. The largest absolute Gasteiger partial charge is 0.441 e. The normalized spacial score (nSPS) is 14.6. The molecule has 2 amide bonds. The number of amides is 2. The first-order valence-electron chi connectivity index (χ1n) is 12.4. The number of hydrogen-bond donors (Lipinski definition) is 2. The van der Waals surface area contributed by atoms with Crippen molar-refractivity contribution in [2.24, 2.45) is 0 Å². The molecular formula is C30H17ClF5N3O3. The number of benzene rings is 4. The minimum atomic E-state index is -4.90. The van der Waals surface area contributed by atoms with Crippen LogP contribution in [-0.2, 0) is 6.18 Å². The van der Waals surface area contributed by atoms with Gasteiger partial charge in [0.25, 0.3) is 11.8 Å². The Balaban J connectivity index is 1.51. The average Bonchev–Trinajstić information content (AvgIpc) is 3.47. The Morgan fingerprint density at radius 2 is 1.76 bits per heavy atom. The molecule has 2 N–H and O–H groups in total. The molecule has 4 aromatic carbocycles. The summed E-state index contributed by atoms with van der Waals surface area (Å²) < 4.78 is 73.9. The van der Waals surface area contributed by atoms with Crippen LogP contribution < -0.4 is 10.6 Å². The van der Waals surface area contributed by atoms with Crippen LogP contribution in [0.4, 0.5) is 27.6 Å². The second kappa shape index (κ2) is 9.95. The molecule has 1 unspecified atom stereocenters. The number of alkyl halides is 3. The van der Waals surface area contributed by atoms with E-state index in [1.54, 1.807) is 31.2 Å². The Morgan fingerprint density at radius 3 is 2.52 bits per heavy atom.